The number of imidazole rings is 1. The largest absolute Gasteiger partial charge is 0.460 e. The van der Waals surface area contributed by atoms with E-state index in [1.807, 2.05) is 0 Å². The average Bonchev–Trinajstić information content (AvgIpc) is 3.16. The van der Waals surface area contributed by atoms with Crippen molar-refractivity contribution in [3.63, 3.8) is 0 Å². The fraction of sp³-hybridized carbons (Fsp3) is 0.667. The number of carbonyl (C=O) groups is 1. The molecular formula is C18H29N5O4Si. The molecule has 0 aromatic carbocycles. The van der Waals surface area contributed by atoms with Gasteiger partial charge in [-0.05, 0) is 18.1 Å². The molecule has 1 saturated heterocycles. The number of hydrogen-bond acceptors (Lipinski definition) is 8. The monoisotopic (exact) mass is 407 g/mol. The molecule has 1 aliphatic heterocycles. The molecule has 0 saturated carbocycles. The molecule has 2 aromatic heterocycles. The maximum Gasteiger partial charge on any atom is 0.302 e. The average molecular weight is 408 g/mol. The zero-order valence-electron chi connectivity index (χ0n) is 17.3. The van der Waals surface area contributed by atoms with Crippen molar-refractivity contribution in [2.45, 2.75) is 70.7 Å². The third-order valence-electron chi connectivity index (χ3n) is 5.61. The van der Waals surface area contributed by atoms with Crippen molar-refractivity contribution in [1.82, 2.24) is 19.5 Å². The van der Waals surface area contributed by atoms with E-state index in [0.29, 0.717) is 30.0 Å². The lowest BCUT2D eigenvalue weighted by molar-refractivity contribution is -0.150. The lowest BCUT2D eigenvalue weighted by atomic mass is 10.2. The molecule has 28 heavy (non-hydrogen) atoms. The number of ether oxygens (including phenoxy) is 2. The van der Waals surface area contributed by atoms with Crippen LogP contribution in [0.2, 0.25) is 18.1 Å². The molecule has 0 amide bonds. The Kier molecular flexibility index (Phi) is 5.48. The minimum Gasteiger partial charge on any atom is -0.460 e. The summed E-state index contributed by atoms with van der Waals surface area (Å²) >= 11 is 0. The first-order valence-electron chi connectivity index (χ1n) is 9.39. The first kappa shape index (κ1) is 20.7. The molecule has 9 nitrogen and oxygen atoms in total. The van der Waals surface area contributed by atoms with Gasteiger partial charge in [0.1, 0.15) is 30.3 Å². The summed E-state index contributed by atoms with van der Waals surface area (Å²) in [7, 11) is -1.96. The number of anilines is 1. The molecule has 1 fully saturated rings. The molecule has 0 aliphatic carbocycles. The Morgan fingerprint density at radius 1 is 1.36 bits per heavy atom. The van der Waals surface area contributed by atoms with Crippen LogP contribution in [0.3, 0.4) is 0 Å². The molecular weight excluding hydrogens is 378 g/mol. The summed E-state index contributed by atoms with van der Waals surface area (Å²) in [6.07, 6.45) is 2.37. The van der Waals surface area contributed by atoms with Crippen molar-refractivity contribution in [3.05, 3.63) is 12.7 Å². The molecule has 0 bridgehead atoms. The summed E-state index contributed by atoms with van der Waals surface area (Å²) in [6.45, 7) is 12.7. The second kappa shape index (κ2) is 7.41. The first-order valence-corrected chi connectivity index (χ1v) is 12.3. The maximum atomic E-state index is 11.6. The van der Waals surface area contributed by atoms with Crippen molar-refractivity contribution >= 4 is 31.3 Å². The van der Waals surface area contributed by atoms with Crippen LogP contribution >= 0.6 is 0 Å². The van der Waals surface area contributed by atoms with Gasteiger partial charge in [-0.2, -0.15) is 0 Å². The van der Waals surface area contributed by atoms with Gasteiger partial charge in [0.25, 0.3) is 0 Å². The maximum absolute atomic E-state index is 11.6. The number of esters is 1. The molecule has 154 valence electrons. The molecule has 3 heterocycles. The second-order valence-electron chi connectivity index (χ2n) is 8.67. The smallest absolute Gasteiger partial charge is 0.302 e. The van der Waals surface area contributed by atoms with E-state index < -0.39 is 14.4 Å². The van der Waals surface area contributed by atoms with Crippen LogP contribution < -0.4 is 5.73 Å². The van der Waals surface area contributed by atoms with E-state index in [0.717, 1.165) is 0 Å². The molecule has 3 atom stereocenters. The van der Waals surface area contributed by atoms with E-state index in [-0.39, 0.29) is 23.3 Å². The van der Waals surface area contributed by atoms with Crippen molar-refractivity contribution in [2.75, 3.05) is 12.3 Å². The second-order valence-corrected chi connectivity index (χ2v) is 13.5. The molecule has 0 spiro atoms. The minimum atomic E-state index is -1.96. The van der Waals surface area contributed by atoms with Crippen molar-refractivity contribution < 1.29 is 18.7 Å². The molecule has 1 aliphatic rings. The van der Waals surface area contributed by atoms with Crippen molar-refractivity contribution in [3.8, 4) is 0 Å². The van der Waals surface area contributed by atoms with Crippen LogP contribution in [0.15, 0.2) is 12.7 Å². The van der Waals surface area contributed by atoms with E-state index >= 15 is 0 Å². The summed E-state index contributed by atoms with van der Waals surface area (Å²) in [5, 5.41) is 0.0803. The van der Waals surface area contributed by atoms with Gasteiger partial charge in [0.15, 0.2) is 19.8 Å². The van der Waals surface area contributed by atoms with Gasteiger partial charge in [-0.1, -0.05) is 20.8 Å². The lowest BCUT2D eigenvalue weighted by Crippen LogP contribution is -2.44. The van der Waals surface area contributed by atoms with Crippen LogP contribution in [0.5, 0.6) is 0 Å². The summed E-state index contributed by atoms with van der Waals surface area (Å²) in [4.78, 5) is 24.1. The highest BCUT2D eigenvalue weighted by molar-refractivity contribution is 6.74. The molecule has 2 N–H and O–H groups in total. The standard InChI is InChI=1S/C18H29N5O4Si/c1-11(24)26-12-7-14(23-10-22-15-16(19)20-9-21-17(15)23)27-13(12)8-25-28(5,6)18(2,3)4/h9-10,12-14H,7-8H2,1-6H3,(H2,19,20,21)/t12?,13-,14-/m0/s1. The summed E-state index contributed by atoms with van der Waals surface area (Å²) in [6, 6.07) is 0. The van der Waals surface area contributed by atoms with Crippen LogP contribution in [0.1, 0.15) is 40.3 Å². The predicted octanol–water partition coefficient (Wildman–Crippen LogP) is 2.65. The summed E-state index contributed by atoms with van der Waals surface area (Å²) in [5.74, 6) is -0.0234. The highest BCUT2D eigenvalue weighted by Gasteiger charge is 2.43. The zero-order chi connectivity index (χ0) is 20.7. The van der Waals surface area contributed by atoms with Gasteiger partial charge in [0.2, 0.25) is 0 Å². The highest BCUT2D eigenvalue weighted by Crippen LogP contribution is 2.38. The molecule has 10 heteroatoms. The van der Waals surface area contributed by atoms with E-state index in [1.54, 1.807) is 10.9 Å². The Morgan fingerprint density at radius 2 is 2.07 bits per heavy atom. The Morgan fingerprint density at radius 3 is 2.71 bits per heavy atom. The quantitative estimate of drug-likeness (QED) is 0.594. The van der Waals surface area contributed by atoms with Crippen LogP contribution in [-0.4, -0.2) is 52.6 Å². The van der Waals surface area contributed by atoms with E-state index in [2.05, 4.69) is 48.8 Å². The number of hydrogen-bond donors (Lipinski definition) is 1. The Hall–Kier alpha value is -2.04. The predicted molar refractivity (Wildman–Crippen MR) is 107 cm³/mol. The van der Waals surface area contributed by atoms with Gasteiger partial charge in [-0.25, -0.2) is 15.0 Å². The Balaban J connectivity index is 1.80. The van der Waals surface area contributed by atoms with E-state index in [1.165, 1.54) is 13.3 Å². The van der Waals surface area contributed by atoms with E-state index in [9.17, 15) is 4.79 Å². The molecule has 1 unspecified atom stereocenters. The molecule has 2 aromatic rings. The van der Waals surface area contributed by atoms with Crippen LogP contribution in [0.4, 0.5) is 5.82 Å². The fourth-order valence-electron chi connectivity index (χ4n) is 2.95. The highest BCUT2D eigenvalue weighted by atomic mass is 28.4. The van der Waals surface area contributed by atoms with Gasteiger partial charge < -0.3 is 19.6 Å². The lowest BCUT2D eigenvalue weighted by Gasteiger charge is -2.37. The third-order valence-corrected chi connectivity index (χ3v) is 10.1. The summed E-state index contributed by atoms with van der Waals surface area (Å²) in [5.41, 5.74) is 6.98. The van der Waals surface area contributed by atoms with Crippen LogP contribution in [0.25, 0.3) is 11.2 Å². The Bertz CT molecular complexity index is 863. The number of aromatic nitrogens is 4. The molecule has 3 rings (SSSR count). The number of nitrogens with two attached hydrogens (primary N) is 1. The normalized spacial score (nSPS) is 23.3. The van der Waals surface area contributed by atoms with Gasteiger partial charge >= 0.3 is 5.97 Å². The number of nitrogen functional groups attached to an aromatic ring is 1. The Labute approximate surface area is 165 Å². The number of carbonyl (C=O) groups excluding carboxylic acids is 1. The van der Waals surface area contributed by atoms with Gasteiger partial charge in [0, 0.05) is 13.3 Å². The van der Waals surface area contributed by atoms with Crippen LogP contribution in [-0.2, 0) is 18.7 Å². The van der Waals surface area contributed by atoms with Gasteiger partial charge in [0.05, 0.1) is 12.9 Å². The van der Waals surface area contributed by atoms with Crippen molar-refractivity contribution in [1.29, 1.82) is 0 Å². The molecule has 0 radical (unpaired) electrons. The van der Waals surface area contributed by atoms with Crippen molar-refractivity contribution in [2.24, 2.45) is 0 Å². The fourth-order valence-corrected chi connectivity index (χ4v) is 3.96. The third kappa shape index (κ3) is 4.03. The minimum absolute atomic E-state index is 0.0803. The van der Waals surface area contributed by atoms with Crippen LogP contribution in [0, 0.1) is 0 Å². The van der Waals surface area contributed by atoms with Gasteiger partial charge in [-0.15, -0.1) is 0 Å². The van der Waals surface area contributed by atoms with E-state index in [4.69, 9.17) is 19.6 Å². The topological polar surface area (TPSA) is 114 Å². The van der Waals surface area contributed by atoms with Gasteiger partial charge in [-0.3, -0.25) is 9.36 Å². The number of nitrogens with zero attached hydrogens (tertiary/aromatic N) is 4. The number of fused-ring (bicyclic) bond motifs is 1. The number of rotatable bonds is 5. The SMILES string of the molecule is CC(=O)OC1C[C@@H](n2cnc3c(N)ncnc32)O[C@H]1CO[Si](C)(C)C(C)(C)C. The zero-order valence-corrected chi connectivity index (χ0v) is 18.3. The first-order chi connectivity index (χ1) is 13.0. The summed E-state index contributed by atoms with van der Waals surface area (Å²) < 4.78 is 19.9.